The fourth-order valence-corrected chi connectivity index (χ4v) is 2.49. The Balaban J connectivity index is 1.73. The first-order valence-electron chi connectivity index (χ1n) is 7.19. The minimum Gasteiger partial charge on any atom is -0.274 e. The van der Waals surface area contributed by atoms with E-state index in [0.29, 0.717) is 22.6 Å². The summed E-state index contributed by atoms with van der Waals surface area (Å²) in [5.74, 6) is -3.07. The van der Waals surface area contributed by atoms with E-state index < -0.39 is 35.4 Å². The number of carbonyl (C=O) groups is 6. The molecule has 2 fully saturated rings. The highest BCUT2D eigenvalue weighted by molar-refractivity contribution is 6.15. The highest BCUT2D eigenvalue weighted by atomic mass is 16.2. The number of amides is 6. The van der Waals surface area contributed by atoms with Gasteiger partial charge in [0.05, 0.1) is 0 Å². The summed E-state index contributed by atoms with van der Waals surface area (Å²) in [6.07, 6.45) is 0.796. The Morgan fingerprint density at radius 1 is 0.636 bits per heavy atom. The van der Waals surface area contributed by atoms with Gasteiger partial charge in [-0.25, -0.2) is 9.80 Å². The molecule has 0 N–H and O–H groups in total. The smallest absolute Gasteiger partial charge is 0.236 e. The lowest BCUT2D eigenvalue weighted by atomic mass is 10.1. The number of imide groups is 6. The van der Waals surface area contributed by atoms with Crippen molar-refractivity contribution >= 4 is 35.4 Å². The van der Waals surface area contributed by atoms with Crippen molar-refractivity contribution < 1.29 is 28.8 Å². The van der Waals surface area contributed by atoms with Crippen LogP contribution in [0, 0.1) is 0 Å². The molecule has 2 aliphatic rings. The van der Waals surface area contributed by atoms with E-state index >= 15 is 0 Å². The van der Waals surface area contributed by atoms with Crippen LogP contribution in [0.5, 0.6) is 0 Å². The largest absolute Gasteiger partial charge is 0.274 e. The monoisotopic (exact) mass is 308 g/mol. The van der Waals surface area contributed by atoms with Crippen molar-refractivity contribution in [3.8, 4) is 0 Å². The van der Waals surface area contributed by atoms with Gasteiger partial charge >= 0.3 is 0 Å². The average molecular weight is 308 g/mol. The molecule has 0 aromatic carbocycles. The summed E-state index contributed by atoms with van der Waals surface area (Å²) in [5.41, 5.74) is 0. The maximum atomic E-state index is 11.8. The topological polar surface area (TPSA) is 109 Å². The van der Waals surface area contributed by atoms with E-state index in [2.05, 4.69) is 0 Å². The van der Waals surface area contributed by atoms with Gasteiger partial charge in [-0.15, -0.1) is 0 Å². The molecule has 8 nitrogen and oxygen atoms in total. The molecule has 6 amide bonds. The molecule has 0 aromatic heterocycles. The number of hydrogen-bond donors (Lipinski definition) is 0. The van der Waals surface area contributed by atoms with Crippen LogP contribution in [-0.2, 0) is 28.8 Å². The van der Waals surface area contributed by atoms with E-state index in [1.807, 2.05) is 0 Å². The van der Waals surface area contributed by atoms with Crippen molar-refractivity contribution in [1.82, 2.24) is 9.80 Å². The Bertz CT molecular complexity index is 486. The van der Waals surface area contributed by atoms with E-state index in [-0.39, 0.29) is 38.5 Å². The second-order valence-corrected chi connectivity index (χ2v) is 5.24. The van der Waals surface area contributed by atoms with Gasteiger partial charge in [-0.05, 0) is 12.8 Å². The molecular formula is C14H16N2O6. The Morgan fingerprint density at radius 2 is 0.909 bits per heavy atom. The maximum absolute atomic E-state index is 11.8. The lowest BCUT2D eigenvalue weighted by Crippen LogP contribution is -2.36. The normalized spacial score (nSPS) is 18.5. The summed E-state index contributed by atoms with van der Waals surface area (Å²) < 4.78 is 0. The molecule has 118 valence electrons. The van der Waals surface area contributed by atoms with Gasteiger partial charge in [-0.2, -0.15) is 0 Å². The van der Waals surface area contributed by atoms with Crippen LogP contribution in [0.1, 0.15) is 51.4 Å². The molecule has 0 unspecified atom stereocenters. The van der Waals surface area contributed by atoms with Gasteiger partial charge in [0.15, 0.2) is 0 Å². The van der Waals surface area contributed by atoms with E-state index in [0.717, 1.165) is 0 Å². The third kappa shape index (κ3) is 3.26. The molecule has 0 spiro atoms. The summed E-state index contributed by atoms with van der Waals surface area (Å²) in [7, 11) is 0. The number of rotatable bonds is 5. The van der Waals surface area contributed by atoms with Gasteiger partial charge < -0.3 is 0 Å². The van der Waals surface area contributed by atoms with Crippen LogP contribution in [0.3, 0.4) is 0 Å². The van der Waals surface area contributed by atoms with Gasteiger partial charge in [-0.1, -0.05) is 0 Å². The number of likely N-dealkylation sites (tertiary alicyclic amines) is 2. The fraction of sp³-hybridized carbons (Fsp3) is 0.571. The van der Waals surface area contributed by atoms with Gasteiger partial charge in [0.1, 0.15) is 0 Å². The Morgan fingerprint density at radius 3 is 1.18 bits per heavy atom. The predicted molar refractivity (Wildman–Crippen MR) is 70.7 cm³/mol. The Hall–Kier alpha value is -2.38. The van der Waals surface area contributed by atoms with Crippen LogP contribution in [0.4, 0.5) is 0 Å². The van der Waals surface area contributed by atoms with Gasteiger partial charge in [0.2, 0.25) is 35.4 Å². The van der Waals surface area contributed by atoms with Gasteiger partial charge in [-0.3, -0.25) is 28.8 Å². The minimum atomic E-state index is -0.562. The first-order chi connectivity index (χ1) is 10.4. The summed E-state index contributed by atoms with van der Waals surface area (Å²) in [5, 5.41) is 0. The number of nitrogens with zero attached hydrogens (tertiary/aromatic N) is 2. The zero-order valence-electron chi connectivity index (χ0n) is 12.0. The zero-order valence-corrected chi connectivity index (χ0v) is 12.0. The van der Waals surface area contributed by atoms with Crippen molar-refractivity contribution in [2.24, 2.45) is 0 Å². The summed E-state index contributed by atoms with van der Waals surface area (Å²) >= 11 is 0. The highest BCUT2D eigenvalue weighted by Crippen LogP contribution is 2.16. The molecular weight excluding hydrogens is 292 g/mol. The molecule has 8 heteroatoms. The molecule has 0 aliphatic carbocycles. The molecule has 0 saturated carbocycles. The van der Waals surface area contributed by atoms with Gasteiger partial charge in [0.25, 0.3) is 0 Å². The quantitative estimate of drug-likeness (QED) is 0.518. The molecule has 22 heavy (non-hydrogen) atoms. The molecule has 0 aromatic rings. The molecule has 2 rings (SSSR count). The van der Waals surface area contributed by atoms with Crippen LogP contribution >= 0.6 is 0 Å². The van der Waals surface area contributed by atoms with Crippen LogP contribution in [0.15, 0.2) is 0 Å². The van der Waals surface area contributed by atoms with Crippen molar-refractivity contribution in [3.05, 3.63) is 0 Å². The summed E-state index contributed by atoms with van der Waals surface area (Å²) in [4.78, 5) is 70.3. The van der Waals surface area contributed by atoms with E-state index in [1.54, 1.807) is 0 Å². The van der Waals surface area contributed by atoms with Crippen LogP contribution in [0.25, 0.3) is 0 Å². The van der Waals surface area contributed by atoms with E-state index in [9.17, 15) is 28.8 Å². The Kier molecular flexibility index (Phi) is 4.79. The third-order valence-electron chi connectivity index (χ3n) is 3.63. The van der Waals surface area contributed by atoms with E-state index in [1.165, 1.54) is 0 Å². The summed E-state index contributed by atoms with van der Waals surface area (Å²) in [6, 6.07) is 0. The fourth-order valence-electron chi connectivity index (χ4n) is 2.49. The van der Waals surface area contributed by atoms with Crippen LogP contribution in [0.2, 0.25) is 0 Å². The molecule has 0 bridgehead atoms. The zero-order chi connectivity index (χ0) is 16.3. The molecule has 2 saturated heterocycles. The van der Waals surface area contributed by atoms with E-state index in [4.69, 9.17) is 0 Å². The second kappa shape index (κ2) is 6.59. The molecule has 2 heterocycles. The molecule has 2 aliphatic heterocycles. The van der Waals surface area contributed by atoms with Gasteiger partial charge in [0, 0.05) is 38.5 Å². The van der Waals surface area contributed by atoms with Crippen molar-refractivity contribution in [2.45, 2.75) is 51.4 Å². The van der Waals surface area contributed by atoms with Crippen LogP contribution < -0.4 is 0 Å². The SMILES string of the molecule is O=C(CCCCC(=O)N1C(=O)CCC1=O)N1C(=O)CCC1=O. The predicted octanol–water partition coefficient (Wildman–Crippen LogP) is -0.102. The highest BCUT2D eigenvalue weighted by Gasteiger charge is 2.35. The van der Waals surface area contributed by atoms with Crippen LogP contribution in [-0.4, -0.2) is 45.2 Å². The lowest BCUT2D eigenvalue weighted by molar-refractivity contribution is -0.152. The van der Waals surface area contributed by atoms with Crippen molar-refractivity contribution in [2.75, 3.05) is 0 Å². The number of carbonyl (C=O) groups excluding carboxylic acids is 6. The third-order valence-corrected chi connectivity index (χ3v) is 3.63. The maximum Gasteiger partial charge on any atom is 0.236 e. The lowest BCUT2D eigenvalue weighted by Gasteiger charge is -2.13. The van der Waals surface area contributed by atoms with Crippen molar-refractivity contribution in [3.63, 3.8) is 0 Å². The first kappa shape index (κ1) is 16.0. The second-order valence-electron chi connectivity index (χ2n) is 5.24. The average Bonchev–Trinajstić information content (AvgIpc) is 2.97. The number of hydrogen-bond acceptors (Lipinski definition) is 6. The van der Waals surface area contributed by atoms with Crippen molar-refractivity contribution in [1.29, 1.82) is 0 Å². The molecule has 0 atom stereocenters. The summed E-state index contributed by atoms with van der Waals surface area (Å²) in [6.45, 7) is 0. The standard InChI is InChI=1S/C14H16N2O6/c17-9(15-11(19)5-6-12(15)20)3-1-2-4-10(18)16-13(21)7-8-14(16)22/h1-8H2. The molecule has 0 radical (unpaired) electrons. The Labute approximate surface area is 126 Å². The minimum absolute atomic E-state index is 0.0212. The number of unbranched alkanes of at least 4 members (excludes halogenated alkanes) is 1. The first-order valence-corrected chi connectivity index (χ1v) is 7.19.